The summed E-state index contributed by atoms with van der Waals surface area (Å²) in [6, 6.07) is 7.72. The smallest absolute Gasteiger partial charge is 0.339 e. The first-order chi connectivity index (χ1) is 12.2. The fourth-order valence-electron chi connectivity index (χ4n) is 2.55. The van der Waals surface area contributed by atoms with Gasteiger partial charge in [0.15, 0.2) is 5.96 Å². The van der Waals surface area contributed by atoms with Crippen LogP contribution in [0.2, 0.25) is 0 Å². The number of methoxy groups -OCH3 is 1. The Morgan fingerprint density at radius 2 is 2.23 bits per heavy atom. The number of rotatable bonds is 7. The van der Waals surface area contributed by atoms with Crippen LogP contribution in [0.3, 0.4) is 0 Å². The lowest BCUT2D eigenvalue weighted by Crippen LogP contribution is -2.33. The van der Waals surface area contributed by atoms with Gasteiger partial charge in [0.2, 0.25) is 0 Å². The average Bonchev–Trinajstić information content (AvgIpc) is 3.35. The fraction of sp³-hybridized carbons (Fsp3) is 0.389. The van der Waals surface area contributed by atoms with Crippen LogP contribution in [0.1, 0.15) is 45.4 Å². The van der Waals surface area contributed by atoms with E-state index >= 15 is 0 Å². The van der Waals surface area contributed by atoms with E-state index in [-0.39, 0.29) is 29.9 Å². The van der Waals surface area contributed by atoms with E-state index in [2.05, 4.69) is 26.7 Å². The molecule has 1 aliphatic carbocycles. The van der Waals surface area contributed by atoms with Crippen molar-refractivity contribution in [2.45, 2.75) is 31.7 Å². The van der Waals surface area contributed by atoms with Crippen LogP contribution >= 0.6 is 35.3 Å². The molecule has 0 amide bonds. The van der Waals surface area contributed by atoms with Gasteiger partial charge in [-0.25, -0.2) is 9.79 Å². The zero-order chi connectivity index (χ0) is 17.6. The maximum atomic E-state index is 11.8. The molecule has 2 aromatic heterocycles. The monoisotopic (exact) mass is 486 g/mol. The van der Waals surface area contributed by atoms with Gasteiger partial charge in [-0.1, -0.05) is 6.07 Å². The molecule has 1 fully saturated rings. The minimum Gasteiger partial charge on any atom is -0.465 e. The Balaban J connectivity index is 0.00000243. The van der Waals surface area contributed by atoms with E-state index in [1.807, 2.05) is 6.07 Å². The molecule has 8 heteroatoms. The molecule has 3 rings (SSSR count). The van der Waals surface area contributed by atoms with Gasteiger partial charge in [0, 0.05) is 17.3 Å². The van der Waals surface area contributed by atoms with E-state index in [1.54, 1.807) is 23.5 Å². The van der Waals surface area contributed by atoms with Gasteiger partial charge in [-0.3, -0.25) is 4.98 Å². The van der Waals surface area contributed by atoms with Gasteiger partial charge in [0.05, 0.1) is 30.6 Å². The van der Waals surface area contributed by atoms with Crippen LogP contribution in [-0.2, 0) is 17.7 Å². The van der Waals surface area contributed by atoms with Gasteiger partial charge in [0.25, 0.3) is 0 Å². The Morgan fingerprint density at radius 1 is 1.42 bits per heavy atom. The van der Waals surface area contributed by atoms with Crippen molar-refractivity contribution in [3.05, 3.63) is 51.5 Å². The van der Waals surface area contributed by atoms with Gasteiger partial charge in [-0.05, 0) is 42.8 Å². The third-order valence-corrected chi connectivity index (χ3v) is 4.96. The van der Waals surface area contributed by atoms with Crippen molar-refractivity contribution < 1.29 is 9.53 Å². The topological polar surface area (TPSA) is 89.6 Å². The second kappa shape index (κ2) is 9.86. The first-order valence-corrected chi connectivity index (χ1v) is 9.19. The number of nitrogens with one attached hydrogen (secondary N) is 1. The molecule has 0 atom stereocenters. The fourth-order valence-corrected chi connectivity index (χ4v) is 3.26. The Kier molecular flexibility index (Phi) is 7.83. The molecule has 0 aliphatic heterocycles. The summed E-state index contributed by atoms with van der Waals surface area (Å²) in [4.78, 5) is 22.1. The first kappa shape index (κ1) is 20.6. The highest BCUT2D eigenvalue weighted by Crippen LogP contribution is 2.40. The Bertz CT molecular complexity index is 761. The SMILES string of the molecule is COC(=O)c1ccc(CN=C(N)NCCc2cccs2)nc1C1CC1.I. The summed E-state index contributed by atoms with van der Waals surface area (Å²) in [7, 11) is 1.39. The predicted octanol–water partition coefficient (Wildman–Crippen LogP) is 3.07. The van der Waals surface area contributed by atoms with E-state index in [9.17, 15) is 4.79 Å². The molecular formula is C18H23IN4O2S. The molecule has 0 unspecified atom stereocenters. The number of hydrogen-bond acceptors (Lipinski definition) is 5. The standard InChI is InChI=1S/C18H22N4O2S.HI/c1-24-17(23)15-7-6-13(22-16(15)12-4-5-12)11-21-18(19)20-9-8-14-3-2-10-25-14;/h2-3,6-7,10,12H,4-5,8-9,11H2,1H3,(H3,19,20,21);1H. The molecule has 26 heavy (non-hydrogen) atoms. The minimum absolute atomic E-state index is 0. The van der Waals surface area contributed by atoms with Crippen molar-refractivity contribution in [1.82, 2.24) is 10.3 Å². The Labute approximate surface area is 174 Å². The number of guanidine groups is 1. The van der Waals surface area contributed by atoms with Crippen molar-refractivity contribution in [1.29, 1.82) is 0 Å². The number of esters is 1. The maximum Gasteiger partial charge on any atom is 0.339 e. The summed E-state index contributed by atoms with van der Waals surface area (Å²) in [5.41, 5.74) is 8.09. The van der Waals surface area contributed by atoms with Crippen LogP contribution in [0.15, 0.2) is 34.6 Å². The summed E-state index contributed by atoms with van der Waals surface area (Å²) in [5, 5.41) is 5.18. The molecule has 0 radical (unpaired) electrons. The van der Waals surface area contributed by atoms with Gasteiger partial charge >= 0.3 is 5.97 Å². The number of halogens is 1. The van der Waals surface area contributed by atoms with Crippen LogP contribution in [0.25, 0.3) is 0 Å². The third kappa shape index (κ3) is 5.66. The average molecular weight is 486 g/mol. The predicted molar refractivity (Wildman–Crippen MR) is 114 cm³/mol. The maximum absolute atomic E-state index is 11.8. The van der Waals surface area contributed by atoms with Crippen molar-refractivity contribution in [2.75, 3.05) is 13.7 Å². The zero-order valence-electron chi connectivity index (χ0n) is 14.6. The van der Waals surface area contributed by atoms with E-state index in [1.165, 1.54) is 12.0 Å². The molecule has 1 aliphatic rings. The molecule has 2 aromatic rings. The van der Waals surface area contributed by atoms with Gasteiger partial charge in [-0.2, -0.15) is 0 Å². The van der Waals surface area contributed by atoms with E-state index in [4.69, 9.17) is 10.5 Å². The summed E-state index contributed by atoms with van der Waals surface area (Å²) in [5.74, 6) is 0.432. The molecule has 0 bridgehead atoms. The minimum atomic E-state index is -0.334. The van der Waals surface area contributed by atoms with Crippen molar-refractivity contribution >= 4 is 47.2 Å². The quantitative estimate of drug-likeness (QED) is 0.272. The van der Waals surface area contributed by atoms with Gasteiger partial charge < -0.3 is 15.8 Å². The van der Waals surface area contributed by atoms with Crippen LogP contribution < -0.4 is 11.1 Å². The number of aliphatic imine (C=N–C) groups is 1. The number of pyridine rings is 1. The molecule has 140 valence electrons. The summed E-state index contributed by atoms with van der Waals surface area (Å²) in [6.45, 7) is 1.14. The lowest BCUT2D eigenvalue weighted by molar-refractivity contribution is 0.0598. The van der Waals surface area contributed by atoms with Crippen LogP contribution in [0.4, 0.5) is 0 Å². The Hall–Kier alpha value is -1.68. The second-order valence-electron chi connectivity index (χ2n) is 5.96. The number of nitrogens with two attached hydrogens (primary N) is 1. The second-order valence-corrected chi connectivity index (χ2v) is 6.99. The van der Waals surface area contributed by atoms with E-state index < -0.39 is 0 Å². The number of ether oxygens (including phenoxy) is 1. The number of hydrogen-bond donors (Lipinski definition) is 2. The van der Waals surface area contributed by atoms with Crippen LogP contribution in [-0.4, -0.2) is 30.6 Å². The van der Waals surface area contributed by atoms with E-state index in [0.29, 0.717) is 24.0 Å². The highest BCUT2D eigenvalue weighted by molar-refractivity contribution is 14.0. The highest BCUT2D eigenvalue weighted by Gasteiger charge is 2.30. The van der Waals surface area contributed by atoms with Crippen molar-refractivity contribution in [3.63, 3.8) is 0 Å². The molecule has 2 heterocycles. The summed E-state index contributed by atoms with van der Waals surface area (Å²) >= 11 is 1.73. The number of nitrogens with zero attached hydrogens (tertiary/aromatic N) is 2. The Morgan fingerprint density at radius 3 is 2.88 bits per heavy atom. The number of carbonyl (C=O) groups is 1. The lowest BCUT2D eigenvalue weighted by atomic mass is 10.1. The molecule has 0 aromatic carbocycles. The highest BCUT2D eigenvalue weighted by atomic mass is 127. The zero-order valence-corrected chi connectivity index (χ0v) is 17.8. The largest absolute Gasteiger partial charge is 0.465 e. The normalized spacial score (nSPS) is 13.8. The molecule has 0 saturated heterocycles. The van der Waals surface area contributed by atoms with Gasteiger partial charge in [-0.15, -0.1) is 35.3 Å². The molecule has 6 nitrogen and oxygen atoms in total. The number of thiophene rings is 1. The number of carbonyl (C=O) groups excluding carboxylic acids is 1. The number of aromatic nitrogens is 1. The summed E-state index contributed by atoms with van der Waals surface area (Å²) in [6.07, 6.45) is 3.05. The summed E-state index contributed by atoms with van der Waals surface area (Å²) < 4.78 is 4.83. The molecule has 1 saturated carbocycles. The van der Waals surface area contributed by atoms with Crippen LogP contribution in [0, 0.1) is 0 Å². The van der Waals surface area contributed by atoms with Crippen molar-refractivity contribution in [2.24, 2.45) is 10.7 Å². The van der Waals surface area contributed by atoms with E-state index in [0.717, 1.165) is 37.2 Å². The van der Waals surface area contributed by atoms with Crippen LogP contribution in [0.5, 0.6) is 0 Å². The van der Waals surface area contributed by atoms with Crippen molar-refractivity contribution in [3.8, 4) is 0 Å². The molecule has 0 spiro atoms. The lowest BCUT2D eigenvalue weighted by Gasteiger charge is -2.08. The first-order valence-electron chi connectivity index (χ1n) is 8.31. The third-order valence-electron chi connectivity index (χ3n) is 4.02. The molecular weight excluding hydrogens is 463 g/mol. The molecule has 3 N–H and O–H groups in total. The van der Waals surface area contributed by atoms with Gasteiger partial charge in [0.1, 0.15) is 0 Å².